The first-order chi connectivity index (χ1) is 14.7. The molecule has 1 aromatic rings. The monoisotopic (exact) mass is 411 g/mol. The van der Waals surface area contributed by atoms with Gasteiger partial charge in [-0.3, -0.25) is 4.90 Å². The smallest absolute Gasteiger partial charge is 0.320 e. The summed E-state index contributed by atoms with van der Waals surface area (Å²) in [5.41, 5.74) is 1.50. The molecule has 0 unspecified atom stereocenters. The van der Waals surface area contributed by atoms with Gasteiger partial charge in [-0.25, -0.2) is 4.79 Å². The van der Waals surface area contributed by atoms with Gasteiger partial charge in [0.1, 0.15) is 0 Å². The van der Waals surface area contributed by atoms with E-state index in [0.717, 1.165) is 77.3 Å². The zero-order valence-electron chi connectivity index (χ0n) is 19.0. The van der Waals surface area contributed by atoms with E-state index in [2.05, 4.69) is 52.0 Å². The second-order valence-corrected chi connectivity index (χ2v) is 9.97. The third-order valence-corrected chi connectivity index (χ3v) is 7.90. The Bertz CT molecular complexity index is 662. The minimum absolute atomic E-state index is 0.0997. The lowest BCUT2D eigenvalue weighted by Crippen LogP contribution is -2.65. The van der Waals surface area contributed by atoms with Crippen LogP contribution in [0.5, 0.6) is 0 Å². The summed E-state index contributed by atoms with van der Waals surface area (Å²) < 4.78 is 0. The van der Waals surface area contributed by atoms with E-state index in [1.165, 1.54) is 37.7 Å². The fourth-order valence-electron chi connectivity index (χ4n) is 5.94. The van der Waals surface area contributed by atoms with Crippen LogP contribution in [0.15, 0.2) is 30.3 Å². The summed E-state index contributed by atoms with van der Waals surface area (Å²) >= 11 is 0. The summed E-state index contributed by atoms with van der Waals surface area (Å²) in [7, 11) is 0. The summed E-state index contributed by atoms with van der Waals surface area (Å²) in [6.45, 7) is 8.39. The normalized spacial score (nSPS) is 23.3. The number of urea groups is 1. The van der Waals surface area contributed by atoms with Crippen molar-refractivity contribution in [3.8, 4) is 0 Å². The van der Waals surface area contributed by atoms with Crippen LogP contribution < -0.4 is 0 Å². The molecule has 0 radical (unpaired) electrons. The van der Waals surface area contributed by atoms with Crippen LogP contribution in [-0.4, -0.2) is 59.0 Å². The lowest BCUT2D eigenvalue weighted by atomic mass is 9.80. The molecule has 4 rings (SSSR count). The number of piperidine rings is 1. The molecule has 0 N–H and O–H groups in total. The minimum atomic E-state index is 0.0997. The number of benzene rings is 1. The van der Waals surface area contributed by atoms with Gasteiger partial charge in [0, 0.05) is 44.8 Å². The van der Waals surface area contributed by atoms with Crippen molar-refractivity contribution in [3.05, 3.63) is 35.9 Å². The Morgan fingerprint density at radius 1 is 0.967 bits per heavy atom. The molecule has 2 heterocycles. The molecule has 1 aromatic carbocycles. The molecule has 2 amide bonds. The number of unbranched alkanes of at least 4 members (excludes halogenated alkanes) is 1. The zero-order chi connectivity index (χ0) is 20.8. The molecule has 3 aliphatic rings. The van der Waals surface area contributed by atoms with E-state index in [1.807, 2.05) is 0 Å². The lowest BCUT2D eigenvalue weighted by molar-refractivity contribution is -0.00829. The van der Waals surface area contributed by atoms with Gasteiger partial charge >= 0.3 is 6.03 Å². The van der Waals surface area contributed by atoms with Crippen molar-refractivity contribution in [2.45, 2.75) is 83.2 Å². The fourth-order valence-corrected chi connectivity index (χ4v) is 5.94. The van der Waals surface area contributed by atoms with Crippen LogP contribution in [0.1, 0.15) is 76.7 Å². The third-order valence-electron chi connectivity index (χ3n) is 7.90. The number of carbonyl (C=O) groups is 1. The van der Waals surface area contributed by atoms with Crippen molar-refractivity contribution in [2.75, 3.05) is 32.7 Å². The summed E-state index contributed by atoms with van der Waals surface area (Å²) in [5, 5.41) is 0. The zero-order valence-corrected chi connectivity index (χ0v) is 19.0. The Balaban J connectivity index is 1.39. The molecule has 166 valence electrons. The third kappa shape index (κ3) is 5.01. The SMILES string of the molecule is CCCCN1C(=O)N(CC2CCCCC2)CCC12CCN(Cc1ccccc1)CC2. The summed E-state index contributed by atoms with van der Waals surface area (Å²) in [6, 6.07) is 11.2. The van der Waals surface area contributed by atoms with Crippen LogP contribution in [-0.2, 0) is 6.54 Å². The van der Waals surface area contributed by atoms with E-state index in [1.54, 1.807) is 0 Å². The van der Waals surface area contributed by atoms with Gasteiger partial charge in [-0.05, 0) is 50.0 Å². The molecule has 2 saturated heterocycles. The second kappa shape index (κ2) is 10.2. The Morgan fingerprint density at radius 3 is 2.37 bits per heavy atom. The van der Waals surface area contributed by atoms with E-state index < -0.39 is 0 Å². The molecule has 4 nitrogen and oxygen atoms in total. The molecule has 1 aliphatic carbocycles. The first-order valence-electron chi connectivity index (χ1n) is 12.5. The van der Waals surface area contributed by atoms with E-state index in [4.69, 9.17) is 0 Å². The quantitative estimate of drug-likeness (QED) is 0.590. The number of carbonyl (C=O) groups excluding carboxylic acids is 1. The second-order valence-electron chi connectivity index (χ2n) is 9.97. The van der Waals surface area contributed by atoms with Crippen LogP contribution >= 0.6 is 0 Å². The van der Waals surface area contributed by atoms with Crippen molar-refractivity contribution >= 4 is 6.03 Å². The predicted octanol–water partition coefficient (Wildman–Crippen LogP) is 5.53. The molecule has 0 aromatic heterocycles. The van der Waals surface area contributed by atoms with Crippen molar-refractivity contribution in [1.29, 1.82) is 0 Å². The summed E-state index contributed by atoms with van der Waals surface area (Å²) in [5.74, 6) is 0.734. The first kappa shape index (κ1) is 21.7. The summed E-state index contributed by atoms with van der Waals surface area (Å²) in [6.07, 6.45) is 12.4. The topological polar surface area (TPSA) is 26.8 Å². The van der Waals surface area contributed by atoms with Gasteiger partial charge in [-0.2, -0.15) is 0 Å². The molecule has 3 fully saturated rings. The maximum atomic E-state index is 13.6. The number of rotatable bonds is 7. The van der Waals surface area contributed by atoms with Crippen molar-refractivity contribution in [1.82, 2.24) is 14.7 Å². The van der Waals surface area contributed by atoms with Gasteiger partial charge in [0.15, 0.2) is 0 Å². The number of hydrogen-bond acceptors (Lipinski definition) is 2. The van der Waals surface area contributed by atoms with Crippen molar-refractivity contribution in [3.63, 3.8) is 0 Å². The van der Waals surface area contributed by atoms with Crippen LogP contribution in [0.4, 0.5) is 4.79 Å². The van der Waals surface area contributed by atoms with E-state index in [9.17, 15) is 4.79 Å². The van der Waals surface area contributed by atoms with E-state index in [0.29, 0.717) is 6.03 Å². The van der Waals surface area contributed by atoms with Crippen LogP contribution in [0.25, 0.3) is 0 Å². The Hall–Kier alpha value is -1.55. The van der Waals surface area contributed by atoms with Gasteiger partial charge in [0.2, 0.25) is 0 Å². The maximum Gasteiger partial charge on any atom is 0.320 e. The molecule has 1 saturated carbocycles. The highest BCUT2D eigenvalue weighted by molar-refractivity contribution is 5.76. The van der Waals surface area contributed by atoms with E-state index in [-0.39, 0.29) is 5.54 Å². The van der Waals surface area contributed by atoms with Crippen molar-refractivity contribution < 1.29 is 4.79 Å². The average Bonchev–Trinajstić information content (AvgIpc) is 2.79. The number of hydrogen-bond donors (Lipinski definition) is 0. The number of amides is 2. The predicted molar refractivity (Wildman–Crippen MR) is 123 cm³/mol. The Morgan fingerprint density at radius 2 is 1.67 bits per heavy atom. The molecule has 1 spiro atoms. The van der Waals surface area contributed by atoms with Gasteiger partial charge in [0.25, 0.3) is 0 Å². The molecule has 30 heavy (non-hydrogen) atoms. The van der Waals surface area contributed by atoms with Gasteiger partial charge in [-0.15, -0.1) is 0 Å². The van der Waals surface area contributed by atoms with Gasteiger partial charge in [0.05, 0.1) is 0 Å². The van der Waals surface area contributed by atoms with Gasteiger partial charge < -0.3 is 9.80 Å². The Labute approximate surface area is 183 Å². The fraction of sp³-hybridized carbons (Fsp3) is 0.731. The number of likely N-dealkylation sites (tertiary alicyclic amines) is 1. The molecular formula is C26H41N3O. The summed E-state index contributed by atoms with van der Waals surface area (Å²) in [4.78, 5) is 20.7. The van der Waals surface area contributed by atoms with Crippen LogP contribution in [0, 0.1) is 5.92 Å². The molecular weight excluding hydrogens is 370 g/mol. The highest BCUT2D eigenvalue weighted by atomic mass is 16.2. The van der Waals surface area contributed by atoms with Crippen LogP contribution in [0.3, 0.4) is 0 Å². The lowest BCUT2D eigenvalue weighted by Gasteiger charge is -2.54. The first-order valence-corrected chi connectivity index (χ1v) is 12.5. The number of nitrogens with zero attached hydrogens (tertiary/aromatic N) is 3. The average molecular weight is 412 g/mol. The highest BCUT2D eigenvalue weighted by Crippen LogP contribution is 2.38. The van der Waals surface area contributed by atoms with Gasteiger partial charge in [-0.1, -0.05) is 62.9 Å². The Kier molecular flexibility index (Phi) is 7.35. The standard InChI is InChI=1S/C26H41N3O/c1-2-3-17-29-25(30)28(22-24-12-8-5-9-13-24)20-16-26(29)14-18-27(19-15-26)21-23-10-6-4-7-11-23/h4,6-7,10-11,24H,2-3,5,8-9,12-22H2,1H3. The maximum absolute atomic E-state index is 13.6. The largest absolute Gasteiger partial charge is 0.324 e. The minimum Gasteiger partial charge on any atom is -0.324 e. The van der Waals surface area contributed by atoms with E-state index >= 15 is 0 Å². The highest BCUT2D eigenvalue weighted by Gasteiger charge is 2.46. The van der Waals surface area contributed by atoms with Crippen molar-refractivity contribution in [2.24, 2.45) is 5.92 Å². The molecule has 4 heteroatoms. The molecule has 2 aliphatic heterocycles. The molecule has 0 bridgehead atoms. The van der Waals surface area contributed by atoms with Crippen LogP contribution in [0.2, 0.25) is 0 Å². The molecule has 0 atom stereocenters.